The monoisotopic (exact) mass is 664 g/mol. The number of carbonyl (C=O) groups is 1. The molecule has 0 radical (unpaired) electrons. The predicted molar refractivity (Wildman–Crippen MR) is 155 cm³/mol. The van der Waals surface area contributed by atoms with Gasteiger partial charge in [0.25, 0.3) is 5.69 Å². The first-order chi connectivity index (χ1) is 19.2. The van der Waals surface area contributed by atoms with Crippen LogP contribution in [-0.4, -0.2) is 45.1 Å². The number of nitrogens with zero attached hydrogens (tertiary/aromatic N) is 8. The molecular weight excluding hydrogens is 648 g/mol. The highest BCUT2D eigenvalue weighted by Crippen LogP contribution is 2.23. The van der Waals surface area contributed by atoms with Gasteiger partial charge in [0.1, 0.15) is 29.1 Å². The second kappa shape index (κ2) is 11.3. The number of rotatable bonds is 4. The van der Waals surface area contributed by atoms with Crippen molar-refractivity contribution in [3.8, 4) is 11.6 Å². The average Bonchev–Trinajstić information content (AvgIpc) is 3.56. The summed E-state index contributed by atoms with van der Waals surface area (Å²) in [6, 6.07) is 14.1. The van der Waals surface area contributed by atoms with Crippen molar-refractivity contribution in [1.82, 2.24) is 29.1 Å². The second-order valence-electron chi connectivity index (χ2n) is 8.34. The third kappa shape index (κ3) is 5.59. The van der Waals surface area contributed by atoms with Crippen LogP contribution in [0.1, 0.15) is 6.92 Å². The third-order valence-electron chi connectivity index (χ3n) is 5.70. The van der Waals surface area contributed by atoms with Crippen molar-refractivity contribution in [2.45, 2.75) is 6.92 Å². The van der Waals surface area contributed by atoms with Gasteiger partial charge < -0.3 is 0 Å². The first-order valence-corrected chi connectivity index (χ1v) is 13.1. The molecule has 0 aliphatic heterocycles. The molecule has 0 atom stereocenters. The molecule has 1 N–H and O–H groups in total. The Bertz CT molecular complexity index is 1850. The molecule has 12 nitrogen and oxygen atoms in total. The minimum Gasteiger partial charge on any atom is -0.285 e. The molecule has 6 aromatic heterocycles. The summed E-state index contributed by atoms with van der Waals surface area (Å²) in [7, 11) is 0. The highest BCUT2D eigenvalue weighted by molar-refractivity contribution is 9.10. The Kier molecular flexibility index (Phi) is 7.64. The quantitative estimate of drug-likeness (QED) is 0.137. The van der Waals surface area contributed by atoms with E-state index in [0.717, 1.165) is 31.0 Å². The molecule has 0 saturated carbocycles. The summed E-state index contributed by atoms with van der Waals surface area (Å²) in [6.07, 6.45) is 9.79. The van der Waals surface area contributed by atoms with Crippen LogP contribution in [0.3, 0.4) is 0 Å². The maximum absolute atomic E-state index is 11.1. The van der Waals surface area contributed by atoms with Gasteiger partial charge in [-0.2, -0.15) is 5.06 Å². The first kappa shape index (κ1) is 27.1. The summed E-state index contributed by atoms with van der Waals surface area (Å²) >= 11 is 6.75. The molecule has 0 aromatic carbocycles. The van der Waals surface area contributed by atoms with Gasteiger partial charge >= 0.3 is 0 Å². The highest BCUT2D eigenvalue weighted by Gasteiger charge is 2.11. The number of carbonyl (C=O) groups excluding carboxylic acids is 1. The van der Waals surface area contributed by atoms with Crippen molar-refractivity contribution < 1.29 is 14.9 Å². The fourth-order valence-corrected chi connectivity index (χ4v) is 4.52. The van der Waals surface area contributed by atoms with Crippen LogP contribution in [0, 0.1) is 10.1 Å². The topological polar surface area (TPSA) is 145 Å². The summed E-state index contributed by atoms with van der Waals surface area (Å²) in [5.41, 5.74) is 1.82. The smallest absolute Gasteiger partial charge is 0.285 e. The maximum atomic E-state index is 11.1. The normalized spacial score (nSPS) is 10.8. The zero-order valence-corrected chi connectivity index (χ0v) is 23.8. The van der Waals surface area contributed by atoms with Gasteiger partial charge in [-0.25, -0.2) is 19.9 Å². The van der Waals surface area contributed by atoms with E-state index >= 15 is 0 Å². The van der Waals surface area contributed by atoms with Crippen LogP contribution >= 0.6 is 31.9 Å². The van der Waals surface area contributed by atoms with E-state index < -0.39 is 10.8 Å². The number of amides is 1. The fraction of sp³-hybridized carbons (Fsp3) is 0.0385. The summed E-state index contributed by atoms with van der Waals surface area (Å²) in [5.74, 6) is 0.776. The lowest BCUT2D eigenvalue weighted by molar-refractivity contribution is -0.385. The van der Waals surface area contributed by atoms with Crippen molar-refractivity contribution in [2.24, 2.45) is 0 Å². The van der Waals surface area contributed by atoms with E-state index in [1.807, 2.05) is 41.2 Å². The lowest BCUT2D eigenvalue weighted by atomic mass is 10.3. The molecular formula is C26H18Br2N8O4. The summed E-state index contributed by atoms with van der Waals surface area (Å²) in [4.78, 5) is 38.2. The van der Waals surface area contributed by atoms with Crippen LogP contribution in [0.4, 0.5) is 11.4 Å². The Hall–Kier alpha value is -4.53. The maximum Gasteiger partial charge on any atom is 0.287 e. The van der Waals surface area contributed by atoms with Crippen molar-refractivity contribution in [1.29, 1.82) is 0 Å². The molecule has 14 heteroatoms. The number of hydrogen-bond acceptors (Lipinski definition) is 8. The van der Waals surface area contributed by atoms with Crippen LogP contribution in [0.5, 0.6) is 0 Å². The molecule has 6 aromatic rings. The predicted octanol–water partition coefficient (Wildman–Crippen LogP) is 6.02. The first-order valence-electron chi connectivity index (χ1n) is 11.5. The van der Waals surface area contributed by atoms with Gasteiger partial charge in [-0.05, 0) is 74.3 Å². The van der Waals surface area contributed by atoms with Crippen LogP contribution in [0.2, 0.25) is 0 Å². The van der Waals surface area contributed by atoms with Gasteiger partial charge in [-0.3, -0.25) is 29.3 Å². The number of pyridine rings is 4. The van der Waals surface area contributed by atoms with E-state index in [9.17, 15) is 20.1 Å². The van der Waals surface area contributed by atoms with Gasteiger partial charge in [0.05, 0.1) is 16.8 Å². The fourth-order valence-electron chi connectivity index (χ4n) is 3.82. The van der Waals surface area contributed by atoms with E-state index in [1.54, 1.807) is 35.2 Å². The minimum absolute atomic E-state index is 0.0316. The van der Waals surface area contributed by atoms with Crippen LogP contribution in [-0.2, 0) is 4.79 Å². The Morgan fingerprint density at radius 1 is 0.825 bits per heavy atom. The number of nitro groups is 1. The van der Waals surface area contributed by atoms with Crippen molar-refractivity contribution in [3.05, 3.63) is 105 Å². The van der Waals surface area contributed by atoms with E-state index in [0.29, 0.717) is 22.4 Å². The van der Waals surface area contributed by atoms with Crippen LogP contribution in [0.15, 0.2) is 94.7 Å². The van der Waals surface area contributed by atoms with Crippen molar-refractivity contribution >= 4 is 71.2 Å². The molecule has 0 saturated heterocycles. The van der Waals surface area contributed by atoms with Crippen LogP contribution in [0.25, 0.3) is 33.7 Å². The van der Waals surface area contributed by atoms with Gasteiger partial charge in [0.2, 0.25) is 5.91 Å². The summed E-state index contributed by atoms with van der Waals surface area (Å²) in [5, 5.41) is 22.6. The molecule has 0 spiro atoms. The summed E-state index contributed by atoms with van der Waals surface area (Å²) < 4.78 is 5.43. The van der Waals surface area contributed by atoms with Gasteiger partial charge in [0, 0.05) is 57.5 Å². The van der Waals surface area contributed by atoms with E-state index in [1.165, 1.54) is 25.4 Å². The van der Waals surface area contributed by atoms with E-state index in [-0.39, 0.29) is 5.69 Å². The number of hydroxylamine groups is 1. The molecule has 0 unspecified atom stereocenters. The number of aromatic nitrogens is 6. The van der Waals surface area contributed by atoms with Gasteiger partial charge in [-0.15, -0.1) is 0 Å². The molecule has 6 rings (SSSR count). The largest absolute Gasteiger partial charge is 0.287 e. The lowest BCUT2D eigenvalue weighted by Crippen LogP contribution is -2.23. The molecule has 0 aliphatic carbocycles. The Balaban J connectivity index is 0.000000162. The SMILES string of the molecule is CC(=O)N(O)c1ccc(-n2ccc3cc(Br)cnc32)nc1.O=[N+]([O-])c1ccc(-n2ccc3cc(Br)cnc32)nc1. The minimum atomic E-state index is -0.472. The Morgan fingerprint density at radius 3 is 1.77 bits per heavy atom. The second-order valence-corrected chi connectivity index (χ2v) is 10.2. The highest BCUT2D eigenvalue weighted by atomic mass is 79.9. The third-order valence-corrected chi connectivity index (χ3v) is 6.57. The molecule has 200 valence electrons. The number of halogens is 2. The number of fused-ring (bicyclic) bond motifs is 2. The van der Waals surface area contributed by atoms with E-state index in [2.05, 4.69) is 51.8 Å². The standard InChI is InChI=1S/C14H11BrN4O2.C12H7BrN4O2/c1-9(20)19(21)12-2-3-13(16-8-12)18-5-4-10-6-11(15)7-17-14(10)18;13-9-5-8-3-4-16(12(8)15-6-9)11-2-1-10(7-14-11)17(18)19/h2-8,21H,1H3;1-7H. The molecule has 40 heavy (non-hydrogen) atoms. The van der Waals surface area contributed by atoms with Gasteiger partial charge in [0.15, 0.2) is 0 Å². The van der Waals surface area contributed by atoms with Crippen molar-refractivity contribution in [3.63, 3.8) is 0 Å². The van der Waals surface area contributed by atoms with Crippen LogP contribution < -0.4 is 5.06 Å². The molecule has 1 amide bonds. The van der Waals surface area contributed by atoms with Crippen molar-refractivity contribution in [2.75, 3.05) is 5.06 Å². The molecule has 0 aliphatic rings. The summed E-state index contributed by atoms with van der Waals surface area (Å²) in [6.45, 7) is 1.27. The molecule has 6 heterocycles. The number of anilines is 1. The van der Waals surface area contributed by atoms with E-state index in [4.69, 9.17) is 0 Å². The Labute approximate surface area is 242 Å². The zero-order chi connectivity index (χ0) is 28.4. The zero-order valence-electron chi connectivity index (χ0n) is 20.6. The average molecular weight is 666 g/mol. The molecule has 0 fully saturated rings. The van der Waals surface area contributed by atoms with Gasteiger partial charge in [-0.1, -0.05) is 0 Å². The lowest BCUT2D eigenvalue weighted by Gasteiger charge is -2.12. The Morgan fingerprint density at radius 2 is 1.35 bits per heavy atom. The molecule has 0 bridgehead atoms. The number of hydrogen-bond donors (Lipinski definition) is 1.